The summed E-state index contributed by atoms with van der Waals surface area (Å²) < 4.78 is 16.1. The Morgan fingerprint density at radius 1 is 1.06 bits per heavy atom. The van der Waals surface area contributed by atoms with Crippen molar-refractivity contribution in [3.8, 4) is 11.6 Å². The fourth-order valence-corrected chi connectivity index (χ4v) is 3.31. The smallest absolute Gasteiger partial charge is 0.263 e. The van der Waals surface area contributed by atoms with Gasteiger partial charge >= 0.3 is 0 Å². The number of hydrogen-bond acceptors (Lipinski definition) is 5. The Morgan fingerprint density at radius 3 is 2.56 bits per heavy atom. The minimum absolute atomic E-state index is 0.0998. The summed E-state index contributed by atoms with van der Waals surface area (Å²) in [4.78, 5) is 32.5. The average Bonchev–Trinajstić information content (AvgIpc) is 3.38. The Bertz CT molecular complexity index is 1500. The number of carbonyl (C=O) groups excluding carboxylic acids is 1. The number of aromatic amines is 1. The molecular formula is C22H16FN7O2. The van der Waals surface area contributed by atoms with Crippen molar-refractivity contribution < 1.29 is 9.18 Å². The second kappa shape index (κ2) is 7.58. The van der Waals surface area contributed by atoms with Crippen LogP contribution in [0.1, 0.15) is 16.1 Å². The van der Waals surface area contributed by atoms with Crippen molar-refractivity contribution in [1.29, 1.82) is 0 Å². The van der Waals surface area contributed by atoms with E-state index in [4.69, 9.17) is 0 Å². The molecule has 9 nitrogen and oxygen atoms in total. The number of H-pyrrole nitrogens is 1. The van der Waals surface area contributed by atoms with Gasteiger partial charge in [-0.3, -0.25) is 14.6 Å². The number of anilines is 1. The maximum atomic E-state index is 13.3. The number of aryl methyl sites for hydroxylation is 1. The summed E-state index contributed by atoms with van der Waals surface area (Å²) in [7, 11) is 0. The minimum atomic E-state index is -0.424. The molecule has 0 aliphatic rings. The van der Waals surface area contributed by atoms with E-state index in [-0.39, 0.29) is 28.7 Å². The summed E-state index contributed by atoms with van der Waals surface area (Å²) in [6.45, 7) is 1.76. The number of benzene rings is 2. The first-order valence-corrected chi connectivity index (χ1v) is 9.67. The fraction of sp³-hybridized carbons (Fsp3) is 0.0455. The predicted molar refractivity (Wildman–Crippen MR) is 116 cm³/mol. The standard InChI is InChI=1S/C22H16FN7O2/c1-13-11-18(25-20(31)14-5-3-2-4-6-14)30(28-13)22-26-19-17(21(32)27-22)12-24-29(19)16-9-7-15(23)8-10-16/h2-12H,1H3,(H,25,31)(H,26,27,32). The monoisotopic (exact) mass is 429 g/mol. The third-order valence-electron chi connectivity index (χ3n) is 4.81. The summed E-state index contributed by atoms with van der Waals surface area (Å²) in [6.07, 6.45) is 1.39. The van der Waals surface area contributed by atoms with E-state index in [1.807, 2.05) is 6.07 Å². The van der Waals surface area contributed by atoms with Gasteiger partial charge < -0.3 is 5.32 Å². The number of hydrogen-bond donors (Lipinski definition) is 2. The Balaban J connectivity index is 1.60. The lowest BCUT2D eigenvalue weighted by Crippen LogP contribution is -2.19. The van der Waals surface area contributed by atoms with E-state index < -0.39 is 5.56 Å². The number of carbonyl (C=O) groups is 1. The van der Waals surface area contributed by atoms with Crippen molar-refractivity contribution in [3.63, 3.8) is 0 Å². The van der Waals surface area contributed by atoms with E-state index in [1.54, 1.807) is 37.3 Å². The van der Waals surface area contributed by atoms with Gasteiger partial charge in [0.2, 0.25) is 5.95 Å². The third-order valence-corrected chi connectivity index (χ3v) is 4.81. The van der Waals surface area contributed by atoms with E-state index in [0.29, 0.717) is 22.8 Å². The van der Waals surface area contributed by atoms with Crippen LogP contribution in [-0.2, 0) is 0 Å². The van der Waals surface area contributed by atoms with Gasteiger partial charge in [0, 0.05) is 11.6 Å². The number of aromatic nitrogens is 6. The minimum Gasteiger partial charge on any atom is -0.306 e. The quantitative estimate of drug-likeness (QED) is 0.456. The van der Waals surface area contributed by atoms with Crippen LogP contribution in [0.4, 0.5) is 10.2 Å². The summed E-state index contributed by atoms with van der Waals surface area (Å²) in [5.41, 5.74) is 1.47. The number of nitrogens with zero attached hydrogens (tertiary/aromatic N) is 5. The topological polar surface area (TPSA) is 110 Å². The largest absolute Gasteiger partial charge is 0.306 e. The van der Waals surface area contributed by atoms with Crippen LogP contribution in [0.25, 0.3) is 22.7 Å². The van der Waals surface area contributed by atoms with Crippen molar-refractivity contribution in [1.82, 2.24) is 29.5 Å². The molecule has 0 saturated heterocycles. The highest BCUT2D eigenvalue weighted by Crippen LogP contribution is 2.19. The molecule has 1 amide bonds. The molecule has 158 valence electrons. The SMILES string of the molecule is Cc1cc(NC(=O)c2ccccc2)n(-c2nc3c(cnn3-c3ccc(F)cc3)c(=O)[nH]2)n1. The van der Waals surface area contributed by atoms with Crippen molar-refractivity contribution in [2.24, 2.45) is 0 Å². The molecule has 0 saturated carbocycles. The lowest BCUT2D eigenvalue weighted by atomic mass is 10.2. The van der Waals surface area contributed by atoms with Crippen LogP contribution in [0, 0.1) is 12.7 Å². The van der Waals surface area contributed by atoms with Gasteiger partial charge in [-0.2, -0.15) is 19.9 Å². The number of nitrogens with one attached hydrogen (secondary N) is 2. The van der Waals surface area contributed by atoms with E-state index in [2.05, 4.69) is 25.5 Å². The fourth-order valence-electron chi connectivity index (χ4n) is 3.31. The predicted octanol–water partition coefficient (Wildman–Crippen LogP) is 2.99. The number of amides is 1. The molecule has 5 rings (SSSR count). The highest BCUT2D eigenvalue weighted by molar-refractivity contribution is 6.03. The molecular weight excluding hydrogens is 413 g/mol. The van der Waals surface area contributed by atoms with Gasteiger partial charge in [-0.05, 0) is 43.3 Å². The molecule has 0 unspecified atom stereocenters. The summed E-state index contributed by atoms with van der Waals surface area (Å²) in [5.74, 6) is -0.274. The molecule has 0 aliphatic heterocycles. The molecule has 5 aromatic rings. The van der Waals surface area contributed by atoms with Gasteiger partial charge in [0.05, 0.1) is 17.6 Å². The van der Waals surface area contributed by atoms with Crippen LogP contribution in [0.5, 0.6) is 0 Å². The molecule has 2 N–H and O–H groups in total. The first-order valence-electron chi connectivity index (χ1n) is 9.67. The molecule has 0 fully saturated rings. The molecule has 3 aromatic heterocycles. The zero-order valence-corrected chi connectivity index (χ0v) is 16.8. The van der Waals surface area contributed by atoms with E-state index in [1.165, 1.54) is 39.8 Å². The van der Waals surface area contributed by atoms with E-state index in [0.717, 1.165) is 0 Å². The molecule has 0 atom stereocenters. The molecule has 0 radical (unpaired) electrons. The van der Waals surface area contributed by atoms with E-state index >= 15 is 0 Å². The average molecular weight is 429 g/mol. The van der Waals surface area contributed by atoms with Crippen LogP contribution in [0.2, 0.25) is 0 Å². The van der Waals surface area contributed by atoms with Gasteiger partial charge in [0.1, 0.15) is 17.0 Å². The second-order valence-electron chi connectivity index (χ2n) is 7.06. The Labute approximate surface area is 180 Å². The first-order chi connectivity index (χ1) is 15.5. The van der Waals surface area contributed by atoms with Crippen LogP contribution in [0.15, 0.2) is 71.7 Å². The highest BCUT2D eigenvalue weighted by atomic mass is 19.1. The third kappa shape index (κ3) is 3.43. The van der Waals surface area contributed by atoms with Gasteiger partial charge in [0.15, 0.2) is 5.65 Å². The first kappa shape index (κ1) is 19.4. The summed E-state index contributed by atoms with van der Waals surface area (Å²) in [5, 5.41) is 11.6. The maximum Gasteiger partial charge on any atom is 0.263 e. The summed E-state index contributed by atoms with van der Waals surface area (Å²) in [6, 6.07) is 16.1. The van der Waals surface area contributed by atoms with E-state index in [9.17, 15) is 14.0 Å². The molecule has 0 spiro atoms. The molecule has 0 aliphatic carbocycles. The van der Waals surface area contributed by atoms with Gasteiger partial charge in [-0.1, -0.05) is 18.2 Å². The van der Waals surface area contributed by atoms with Crippen LogP contribution >= 0.6 is 0 Å². The van der Waals surface area contributed by atoms with Crippen molar-refractivity contribution in [3.05, 3.63) is 94.3 Å². The second-order valence-corrected chi connectivity index (χ2v) is 7.06. The maximum absolute atomic E-state index is 13.3. The number of rotatable bonds is 4. The highest BCUT2D eigenvalue weighted by Gasteiger charge is 2.17. The molecule has 0 bridgehead atoms. The van der Waals surface area contributed by atoms with Crippen molar-refractivity contribution in [2.75, 3.05) is 5.32 Å². The van der Waals surface area contributed by atoms with Crippen LogP contribution < -0.4 is 10.9 Å². The molecule has 32 heavy (non-hydrogen) atoms. The zero-order chi connectivity index (χ0) is 22.2. The Hall–Kier alpha value is -4.60. The van der Waals surface area contributed by atoms with Crippen LogP contribution in [-0.4, -0.2) is 35.4 Å². The zero-order valence-electron chi connectivity index (χ0n) is 16.8. The molecule has 10 heteroatoms. The lowest BCUT2D eigenvalue weighted by molar-refractivity contribution is 0.102. The lowest BCUT2D eigenvalue weighted by Gasteiger charge is -2.09. The number of halogens is 1. The van der Waals surface area contributed by atoms with Gasteiger partial charge in [-0.25, -0.2) is 9.07 Å². The van der Waals surface area contributed by atoms with Crippen LogP contribution in [0.3, 0.4) is 0 Å². The van der Waals surface area contributed by atoms with Gasteiger partial charge in [-0.15, -0.1) is 0 Å². The number of fused-ring (bicyclic) bond motifs is 1. The molecule has 2 aromatic carbocycles. The van der Waals surface area contributed by atoms with Crippen molar-refractivity contribution in [2.45, 2.75) is 6.92 Å². The summed E-state index contributed by atoms with van der Waals surface area (Å²) >= 11 is 0. The normalized spacial score (nSPS) is 11.1. The molecule has 3 heterocycles. The van der Waals surface area contributed by atoms with Gasteiger partial charge in [0.25, 0.3) is 11.5 Å². The Morgan fingerprint density at radius 2 is 1.81 bits per heavy atom. The Kier molecular flexibility index (Phi) is 4.59. The van der Waals surface area contributed by atoms with Crippen molar-refractivity contribution >= 4 is 22.8 Å².